The smallest absolute Gasteiger partial charge is 0.265 e. The second-order valence-electron chi connectivity index (χ2n) is 6.02. The zero-order valence-electron chi connectivity index (χ0n) is 14.9. The Bertz CT molecular complexity index is 844. The highest BCUT2D eigenvalue weighted by Crippen LogP contribution is 2.31. The van der Waals surface area contributed by atoms with Crippen molar-refractivity contribution in [1.29, 1.82) is 0 Å². The predicted octanol–water partition coefficient (Wildman–Crippen LogP) is 2.51. The van der Waals surface area contributed by atoms with Crippen molar-refractivity contribution >= 4 is 23.2 Å². The summed E-state index contributed by atoms with van der Waals surface area (Å²) in [5.41, 5.74) is 6.00. The highest BCUT2D eigenvalue weighted by Gasteiger charge is 2.26. The van der Waals surface area contributed by atoms with Crippen molar-refractivity contribution in [3.05, 3.63) is 59.7 Å². The molecule has 1 heterocycles. The van der Waals surface area contributed by atoms with Crippen LogP contribution < -0.4 is 15.1 Å². The lowest BCUT2D eigenvalue weighted by atomic mass is 10.1. The largest absolute Gasteiger partial charge is 0.482 e. The number of hydrogen-bond acceptors (Lipinski definition) is 4. The molecule has 6 nitrogen and oxygen atoms in total. The monoisotopic (exact) mass is 351 g/mol. The van der Waals surface area contributed by atoms with E-state index in [0.717, 1.165) is 12.0 Å². The van der Waals surface area contributed by atoms with Crippen LogP contribution in [0, 0.1) is 0 Å². The summed E-state index contributed by atoms with van der Waals surface area (Å²) in [4.78, 5) is 25.8. The molecule has 0 fully saturated rings. The Balaban J connectivity index is 1.66. The molecule has 2 aromatic carbocycles. The fourth-order valence-electron chi connectivity index (χ4n) is 2.70. The third-order valence-electron chi connectivity index (χ3n) is 4.24. The summed E-state index contributed by atoms with van der Waals surface area (Å²) in [5, 5.41) is 4.14. The minimum Gasteiger partial charge on any atom is -0.482 e. The average Bonchev–Trinajstić information content (AvgIpc) is 2.68. The Labute approximate surface area is 152 Å². The molecule has 1 aliphatic heterocycles. The molecule has 6 heteroatoms. The first-order valence-electron chi connectivity index (χ1n) is 8.53. The van der Waals surface area contributed by atoms with Gasteiger partial charge in [0, 0.05) is 0 Å². The summed E-state index contributed by atoms with van der Waals surface area (Å²) in [7, 11) is 0. The maximum atomic E-state index is 12.2. The van der Waals surface area contributed by atoms with Gasteiger partial charge in [0.15, 0.2) is 6.61 Å². The van der Waals surface area contributed by atoms with E-state index in [1.807, 2.05) is 37.3 Å². The maximum absolute atomic E-state index is 12.2. The van der Waals surface area contributed by atoms with E-state index in [0.29, 0.717) is 17.1 Å². The van der Waals surface area contributed by atoms with Gasteiger partial charge in [0.2, 0.25) is 0 Å². The van der Waals surface area contributed by atoms with Crippen LogP contribution >= 0.6 is 0 Å². The third kappa shape index (κ3) is 3.91. The van der Waals surface area contributed by atoms with Gasteiger partial charge < -0.3 is 4.74 Å². The van der Waals surface area contributed by atoms with Crippen LogP contribution in [0.2, 0.25) is 0 Å². The second kappa shape index (κ2) is 7.82. The van der Waals surface area contributed by atoms with Crippen LogP contribution in [-0.2, 0) is 16.0 Å². The third-order valence-corrected chi connectivity index (χ3v) is 4.24. The van der Waals surface area contributed by atoms with Crippen molar-refractivity contribution in [2.24, 2.45) is 5.10 Å². The van der Waals surface area contributed by atoms with Gasteiger partial charge in [-0.15, -0.1) is 0 Å². The number of anilines is 1. The van der Waals surface area contributed by atoms with Gasteiger partial charge in [0.25, 0.3) is 11.8 Å². The number of carbonyl (C=O) groups excluding carboxylic acids is 2. The summed E-state index contributed by atoms with van der Waals surface area (Å²) in [6.45, 7) is 3.75. The van der Waals surface area contributed by atoms with Crippen LogP contribution in [0.3, 0.4) is 0 Å². The molecule has 0 unspecified atom stereocenters. The fraction of sp³-hybridized carbons (Fsp3) is 0.250. The number of fused-ring (bicyclic) bond motifs is 1. The van der Waals surface area contributed by atoms with Crippen molar-refractivity contribution in [3.8, 4) is 5.75 Å². The predicted molar refractivity (Wildman–Crippen MR) is 100 cm³/mol. The zero-order valence-corrected chi connectivity index (χ0v) is 14.9. The highest BCUT2D eigenvalue weighted by molar-refractivity contribution is 6.03. The van der Waals surface area contributed by atoms with Crippen molar-refractivity contribution in [2.45, 2.75) is 20.3 Å². The molecule has 0 bridgehead atoms. The normalized spacial score (nSPS) is 13.8. The molecule has 0 aromatic heterocycles. The van der Waals surface area contributed by atoms with Gasteiger partial charge in [-0.3, -0.25) is 14.5 Å². The summed E-state index contributed by atoms with van der Waals surface area (Å²) >= 11 is 0. The molecule has 2 aromatic rings. The van der Waals surface area contributed by atoms with Gasteiger partial charge in [-0.25, -0.2) is 5.43 Å². The van der Waals surface area contributed by atoms with Crippen LogP contribution in [-0.4, -0.2) is 30.7 Å². The number of carbonyl (C=O) groups is 2. The second-order valence-corrected chi connectivity index (χ2v) is 6.02. The minimum atomic E-state index is -0.361. The number of benzene rings is 2. The van der Waals surface area contributed by atoms with Gasteiger partial charge in [-0.05, 0) is 36.6 Å². The number of ether oxygens (including phenoxy) is 1. The maximum Gasteiger partial charge on any atom is 0.265 e. The van der Waals surface area contributed by atoms with E-state index in [-0.39, 0.29) is 25.0 Å². The van der Waals surface area contributed by atoms with Gasteiger partial charge in [0.05, 0.1) is 11.4 Å². The summed E-state index contributed by atoms with van der Waals surface area (Å²) in [6, 6.07) is 15.2. The van der Waals surface area contributed by atoms with Gasteiger partial charge >= 0.3 is 0 Å². The van der Waals surface area contributed by atoms with Crippen molar-refractivity contribution in [1.82, 2.24) is 5.43 Å². The molecule has 0 atom stereocenters. The number of hydrogen-bond donors (Lipinski definition) is 1. The first-order valence-corrected chi connectivity index (χ1v) is 8.53. The van der Waals surface area contributed by atoms with E-state index in [2.05, 4.69) is 17.5 Å². The Hall–Kier alpha value is -3.15. The number of amides is 2. The van der Waals surface area contributed by atoms with Crippen LogP contribution in [0.1, 0.15) is 25.0 Å². The molecule has 0 radical (unpaired) electrons. The molecule has 1 aliphatic rings. The molecule has 0 saturated heterocycles. The van der Waals surface area contributed by atoms with Gasteiger partial charge in [-0.2, -0.15) is 5.10 Å². The first-order chi connectivity index (χ1) is 12.6. The molecule has 3 rings (SSSR count). The molecule has 26 heavy (non-hydrogen) atoms. The molecule has 134 valence electrons. The standard InChI is InChI=1S/C20H21N3O3/c1-3-15-8-10-16(11-9-15)14(2)21-22-19(24)12-23-17-6-4-5-7-18(17)26-13-20(23)25/h4-11H,3,12-13H2,1-2H3,(H,22,24)/b21-14-. The molecule has 0 spiro atoms. The van der Waals surface area contributed by atoms with Crippen molar-refractivity contribution < 1.29 is 14.3 Å². The van der Waals surface area contributed by atoms with Gasteiger partial charge in [-0.1, -0.05) is 43.3 Å². The lowest BCUT2D eigenvalue weighted by Crippen LogP contribution is -2.44. The topological polar surface area (TPSA) is 71.0 Å². The number of para-hydroxylation sites is 2. The van der Waals surface area contributed by atoms with Crippen LogP contribution in [0.25, 0.3) is 0 Å². The van der Waals surface area contributed by atoms with E-state index in [1.165, 1.54) is 10.5 Å². The number of nitrogens with zero attached hydrogens (tertiary/aromatic N) is 2. The van der Waals surface area contributed by atoms with E-state index >= 15 is 0 Å². The Kier molecular flexibility index (Phi) is 5.31. The Morgan fingerprint density at radius 1 is 1.19 bits per heavy atom. The quantitative estimate of drug-likeness (QED) is 0.665. The van der Waals surface area contributed by atoms with Crippen LogP contribution in [0.5, 0.6) is 5.75 Å². The molecular formula is C20H21N3O3. The number of hydrazone groups is 1. The lowest BCUT2D eigenvalue weighted by molar-refractivity contribution is -0.125. The fourth-order valence-corrected chi connectivity index (χ4v) is 2.70. The molecule has 2 amide bonds. The summed E-state index contributed by atoms with van der Waals surface area (Å²) in [5.74, 6) is -0.0233. The average molecular weight is 351 g/mol. The van der Waals surface area contributed by atoms with E-state index in [1.54, 1.807) is 18.2 Å². The summed E-state index contributed by atoms with van der Waals surface area (Å²) < 4.78 is 5.37. The zero-order chi connectivity index (χ0) is 18.5. The Morgan fingerprint density at radius 2 is 1.92 bits per heavy atom. The first kappa shape index (κ1) is 17.7. The number of nitrogens with one attached hydrogen (secondary N) is 1. The SMILES string of the molecule is CCc1ccc(/C(C)=N\NC(=O)CN2C(=O)COc3ccccc32)cc1. The van der Waals surface area contributed by atoms with E-state index in [4.69, 9.17) is 4.74 Å². The molecule has 0 saturated carbocycles. The Morgan fingerprint density at radius 3 is 2.65 bits per heavy atom. The van der Waals surface area contributed by atoms with E-state index < -0.39 is 0 Å². The lowest BCUT2D eigenvalue weighted by Gasteiger charge is -2.28. The van der Waals surface area contributed by atoms with Crippen LogP contribution in [0.4, 0.5) is 5.69 Å². The van der Waals surface area contributed by atoms with Crippen molar-refractivity contribution in [3.63, 3.8) is 0 Å². The van der Waals surface area contributed by atoms with Crippen LogP contribution in [0.15, 0.2) is 53.6 Å². The summed E-state index contributed by atoms with van der Waals surface area (Å²) in [6.07, 6.45) is 0.974. The van der Waals surface area contributed by atoms with Crippen molar-refractivity contribution in [2.75, 3.05) is 18.1 Å². The minimum absolute atomic E-state index is 0.0730. The molecular weight excluding hydrogens is 330 g/mol. The highest BCUT2D eigenvalue weighted by atomic mass is 16.5. The number of aryl methyl sites for hydroxylation is 1. The molecule has 1 N–H and O–H groups in total. The van der Waals surface area contributed by atoms with E-state index in [9.17, 15) is 9.59 Å². The molecule has 0 aliphatic carbocycles. The number of rotatable bonds is 5. The van der Waals surface area contributed by atoms with Gasteiger partial charge in [0.1, 0.15) is 12.3 Å².